The monoisotopic (exact) mass is 283 g/mol. The normalized spacial score (nSPS) is 25.2. The van der Waals surface area contributed by atoms with Gasteiger partial charge in [0, 0.05) is 19.1 Å². The SMILES string of the molecule is CC1(C)CC1Nc1nc(Cl)nc(N2CCOCC2)n1. The van der Waals surface area contributed by atoms with Crippen LogP contribution in [0, 0.1) is 5.41 Å². The molecule has 1 aliphatic carbocycles. The maximum atomic E-state index is 5.98. The number of aromatic nitrogens is 3. The standard InChI is InChI=1S/C12H18ClN5O/c1-12(2)7-8(12)14-10-15-9(13)16-11(17-10)18-3-5-19-6-4-18/h8H,3-7H2,1-2H3,(H,14,15,16,17). The van der Waals surface area contributed by atoms with Gasteiger partial charge in [-0.2, -0.15) is 15.0 Å². The van der Waals surface area contributed by atoms with Gasteiger partial charge in [0.1, 0.15) is 0 Å². The van der Waals surface area contributed by atoms with Gasteiger partial charge in [-0.05, 0) is 23.4 Å². The van der Waals surface area contributed by atoms with E-state index in [-0.39, 0.29) is 5.28 Å². The van der Waals surface area contributed by atoms with Gasteiger partial charge in [-0.1, -0.05) is 13.8 Å². The molecule has 3 rings (SSSR count). The van der Waals surface area contributed by atoms with Gasteiger partial charge in [-0.25, -0.2) is 0 Å². The number of hydrogen-bond donors (Lipinski definition) is 1. The molecule has 6 nitrogen and oxygen atoms in total. The lowest BCUT2D eigenvalue weighted by Gasteiger charge is -2.26. The molecule has 1 aliphatic heterocycles. The Bertz CT molecular complexity index is 475. The third-order valence-corrected chi connectivity index (χ3v) is 3.88. The average molecular weight is 284 g/mol. The van der Waals surface area contributed by atoms with Crippen molar-refractivity contribution in [2.45, 2.75) is 26.3 Å². The van der Waals surface area contributed by atoms with Crippen LogP contribution in [-0.2, 0) is 4.74 Å². The van der Waals surface area contributed by atoms with Gasteiger partial charge in [0.2, 0.25) is 17.2 Å². The van der Waals surface area contributed by atoms with Gasteiger partial charge < -0.3 is 15.0 Å². The Morgan fingerprint density at radius 1 is 1.26 bits per heavy atom. The second-order valence-corrected chi connectivity index (χ2v) is 6.06. The minimum Gasteiger partial charge on any atom is -0.378 e. The molecule has 1 unspecified atom stereocenters. The second kappa shape index (κ2) is 4.76. The first kappa shape index (κ1) is 12.9. The highest BCUT2D eigenvalue weighted by Gasteiger charge is 2.46. The van der Waals surface area contributed by atoms with Crippen molar-refractivity contribution in [3.8, 4) is 0 Å². The van der Waals surface area contributed by atoms with E-state index < -0.39 is 0 Å². The van der Waals surface area contributed by atoms with Crippen LogP contribution in [0.1, 0.15) is 20.3 Å². The Morgan fingerprint density at radius 3 is 2.58 bits per heavy atom. The fourth-order valence-electron chi connectivity index (χ4n) is 2.18. The van der Waals surface area contributed by atoms with Crippen molar-refractivity contribution in [2.75, 3.05) is 36.5 Å². The first-order valence-electron chi connectivity index (χ1n) is 6.55. The largest absolute Gasteiger partial charge is 0.378 e. The Kier molecular flexibility index (Phi) is 3.22. The van der Waals surface area contributed by atoms with Crippen LogP contribution in [0.15, 0.2) is 0 Å². The summed E-state index contributed by atoms with van der Waals surface area (Å²) in [5, 5.41) is 3.56. The van der Waals surface area contributed by atoms with Gasteiger partial charge in [0.25, 0.3) is 0 Å². The van der Waals surface area contributed by atoms with Crippen molar-refractivity contribution in [3.63, 3.8) is 0 Å². The van der Waals surface area contributed by atoms with Gasteiger partial charge in [-0.15, -0.1) is 0 Å². The van der Waals surface area contributed by atoms with E-state index in [1.807, 2.05) is 0 Å². The number of ether oxygens (including phenoxy) is 1. The molecule has 0 spiro atoms. The van der Waals surface area contributed by atoms with E-state index in [0.29, 0.717) is 36.6 Å². The lowest BCUT2D eigenvalue weighted by atomic mass is 10.2. The molecule has 2 aliphatic rings. The Labute approximate surface area is 117 Å². The summed E-state index contributed by atoms with van der Waals surface area (Å²) in [6.45, 7) is 7.40. The molecular formula is C12H18ClN5O. The van der Waals surface area contributed by atoms with Crippen molar-refractivity contribution in [2.24, 2.45) is 5.41 Å². The summed E-state index contributed by atoms with van der Waals surface area (Å²) >= 11 is 5.98. The highest BCUT2D eigenvalue weighted by Crippen LogP contribution is 2.46. The van der Waals surface area contributed by atoms with Crippen LogP contribution in [-0.4, -0.2) is 47.3 Å². The summed E-state index contributed by atoms with van der Waals surface area (Å²) in [5.41, 5.74) is 0.318. The lowest BCUT2D eigenvalue weighted by molar-refractivity contribution is 0.122. The predicted octanol–water partition coefficient (Wildman–Crippen LogP) is 1.57. The maximum absolute atomic E-state index is 5.98. The van der Waals surface area contributed by atoms with Crippen LogP contribution < -0.4 is 10.2 Å². The van der Waals surface area contributed by atoms with Gasteiger partial charge >= 0.3 is 0 Å². The van der Waals surface area contributed by atoms with E-state index in [4.69, 9.17) is 16.3 Å². The average Bonchev–Trinajstić information content (AvgIpc) is 2.97. The van der Waals surface area contributed by atoms with Gasteiger partial charge in [0.15, 0.2) is 0 Å². The molecule has 2 heterocycles. The molecule has 1 N–H and O–H groups in total. The van der Waals surface area contributed by atoms with Crippen LogP contribution in [0.25, 0.3) is 0 Å². The summed E-state index contributed by atoms with van der Waals surface area (Å²) in [6.07, 6.45) is 1.13. The van der Waals surface area contributed by atoms with Crippen LogP contribution >= 0.6 is 11.6 Å². The summed E-state index contributed by atoms with van der Waals surface area (Å²) < 4.78 is 5.32. The van der Waals surface area contributed by atoms with E-state index in [1.54, 1.807) is 0 Å². The third kappa shape index (κ3) is 2.90. The van der Waals surface area contributed by atoms with Gasteiger partial charge in [0.05, 0.1) is 13.2 Å². The first-order valence-corrected chi connectivity index (χ1v) is 6.93. The van der Waals surface area contributed by atoms with Crippen molar-refractivity contribution >= 4 is 23.5 Å². The maximum Gasteiger partial charge on any atom is 0.231 e. The fraction of sp³-hybridized carbons (Fsp3) is 0.750. The van der Waals surface area contributed by atoms with Crippen LogP contribution in [0.2, 0.25) is 5.28 Å². The molecule has 0 bridgehead atoms. The molecule has 104 valence electrons. The first-order chi connectivity index (χ1) is 9.04. The third-order valence-electron chi connectivity index (χ3n) is 3.71. The molecule has 1 aromatic rings. The van der Waals surface area contributed by atoms with Crippen LogP contribution in [0.3, 0.4) is 0 Å². The zero-order chi connectivity index (χ0) is 13.5. The van der Waals surface area contributed by atoms with Crippen molar-refractivity contribution in [1.82, 2.24) is 15.0 Å². The van der Waals surface area contributed by atoms with E-state index in [1.165, 1.54) is 0 Å². The quantitative estimate of drug-likeness (QED) is 0.908. The Morgan fingerprint density at radius 2 is 1.95 bits per heavy atom. The van der Waals surface area contributed by atoms with E-state index in [0.717, 1.165) is 19.5 Å². The molecule has 2 fully saturated rings. The minimum atomic E-state index is 0.234. The number of nitrogens with one attached hydrogen (secondary N) is 1. The smallest absolute Gasteiger partial charge is 0.231 e. The van der Waals surface area contributed by atoms with Gasteiger partial charge in [-0.3, -0.25) is 0 Å². The highest BCUT2D eigenvalue weighted by atomic mass is 35.5. The zero-order valence-corrected chi connectivity index (χ0v) is 11.9. The summed E-state index contributed by atoms with van der Waals surface area (Å²) in [6, 6.07) is 0.420. The summed E-state index contributed by atoms with van der Waals surface area (Å²) in [4.78, 5) is 14.9. The Balaban J connectivity index is 1.76. The van der Waals surface area contributed by atoms with Crippen molar-refractivity contribution in [1.29, 1.82) is 0 Å². The Hall–Kier alpha value is -1.14. The zero-order valence-electron chi connectivity index (χ0n) is 11.2. The molecule has 7 heteroatoms. The summed E-state index contributed by atoms with van der Waals surface area (Å²) in [5.74, 6) is 1.20. The molecule has 1 atom stereocenters. The van der Waals surface area contributed by atoms with E-state index >= 15 is 0 Å². The van der Waals surface area contributed by atoms with E-state index in [2.05, 4.69) is 39.0 Å². The van der Waals surface area contributed by atoms with Crippen molar-refractivity contribution in [3.05, 3.63) is 5.28 Å². The minimum absolute atomic E-state index is 0.234. The second-order valence-electron chi connectivity index (χ2n) is 5.72. The molecule has 1 saturated heterocycles. The van der Waals surface area contributed by atoms with Crippen LogP contribution in [0.4, 0.5) is 11.9 Å². The fourth-order valence-corrected chi connectivity index (χ4v) is 2.33. The molecule has 1 saturated carbocycles. The lowest BCUT2D eigenvalue weighted by Crippen LogP contribution is -2.37. The molecule has 0 radical (unpaired) electrons. The number of morpholine rings is 1. The number of rotatable bonds is 3. The molecule has 1 aromatic heterocycles. The number of halogens is 1. The number of hydrogen-bond acceptors (Lipinski definition) is 6. The van der Waals surface area contributed by atoms with Crippen molar-refractivity contribution < 1.29 is 4.74 Å². The van der Waals surface area contributed by atoms with E-state index in [9.17, 15) is 0 Å². The number of anilines is 2. The molecular weight excluding hydrogens is 266 g/mol. The molecule has 0 amide bonds. The number of nitrogens with zero attached hydrogens (tertiary/aromatic N) is 4. The molecule has 0 aromatic carbocycles. The topological polar surface area (TPSA) is 63.2 Å². The predicted molar refractivity (Wildman–Crippen MR) is 73.7 cm³/mol. The summed E-state index contributed by atoms with van der Waals surface area (Å²) in [7, 11) is 0. The highest BCUT2D eigenvalue weighted by molar-refractivity contribution is 6.28. The molecule has 19 heavy (non-hydrogen) atoms. The van der Waals surface area contributed by atoms with Crippen LogP contribution in [0.5, 0.6) is 0 Å².